The van der Waals surface area contributed by atoms with Crippen molar-refractivity contribution < 1.29 is 14.6 Å². The van der Waals surface area contributed by atoms with Gasteiger partial charge in [-0.15, -0.1) is 0 Å². The lowest BCUT2D eigenvalue weighted by molar-refractivity contribution is -0.137. The molecule has 0 aromatic heterocycles. The number of carboxylic acid groups (broad SMARTS) is 1. The average Bonchev–Trinajstić information content (AvgIpc) is 2.44. The van der Waals surface area contributed by atoms with Crippen LogP contribution < -0.4 is 4.74 Å². The molecular weight excluding hydrogens is 345 g/mol. The van der Waals surface area contributed by atoms with Crippen LogP contribution in [0.25, 0.3) is 0 Å². The van der Waals surface area contributed by atoms with Crippen molar-refractivity contribution in [2.75, 3.05) is 13.1 Å². The number of halogens is 1. The molecule has 4 nitrogen and oxygen atoms in total. The molecule has 0 amide bonds. The molecule has 1 unspecified atom stereocenters. The first kappa shape index (κ1) is 13.6. The average molecular weight is 361 g/mol. The maximum atomic E-state index is 10.6. The van der Waals surface area contributed by atoms with E-state index < -0.39 is 5.97 Å². The quantitative estimate of drug-likeness (QED) is 0.840. The van der Waals surface area contributed by atoms with Crippen molar-refractivity contribution >= 4 is 28.6 Å². The number of carboxylic acids is 1. The van der Waals surface area contributed by atoms with E-state index >= 15 is 0 Å². The van der Waals surface area contributed by atoms with Crippen LogP contribution >= 0.6 is 22.6 Å². The summed E-state index contributed by atoms with van der Waals surface area (Å²) in [6.45, 7) is 4.09. The zero-order valence-corrected chi connectivity index (χ0v) is 12.4. The minimum atomic E-state index is -0.754. The second-order valence-corrected chi connectivity index (χ2v) is 5.80. The molecule has 0 saturated carbocycles. The van der Waals surface area contributed by atoms with Crippen molar-refractivity contribution in [2.24, 2.45) is 0 Å². The highest BCUT2D eigenvalue weighted by Crippen LogP contribution is 2.26. The van der Waals surface area contributed by atoms with Crippen LogP contribution in [-0.4, -0.2) is 35.2 Å². The van der Waals surface area contributed by atoms with Crippen LogP contribution in [0.3, 0.4) is 0 Å². The summed E-state index contributed by atoms with van der Waals surface area (Å²) in [4.78, 5) is 12.8. The fraction of sp³-hybridized carbons (Fsp3) is 0.462. The summed E-state index contributed by atoms with van der Waals surface area (Å²) in [5.41, 5.74) is 1.14. The Morgan fingerprint density at radius 2 is 2.39 bits per heavy atom. The number of hydrogen-bond donors (Lipinski definition) is 1. The Kier molecular flexibility index (Phi) is 4.45. The van der Waals surface area contributed by atoms with E-state index in [1.54, 1.807) is 0 Å². The van der Waals surface area contributed by atoms with Crippen molar-refractivity contribution in [1.29, 1.82) is 0 Å². The second kappa shape index (κ2) is 5.88. The molecule has 1 atom stereocenters. The predicted molar refractivity (Wildman–Crippen MR) is 76.8 cm³/mol. The fourth-order valence-electron chi connectivity index (χ4n) is 2.13. The van der Waals surface area contributed by atoms with Crippen LogP contribution in [0.2, 0.25) is 0 Å². The number of benzene rings is 1. The lowest BCUT2D eigenvalue weighted by Crippen LogP contribution is -2.32. The monoisotopic (exact) mass is 361 g/mol. The molecule has 0 spiro atoms. The second-order valence-electron chi connectivity index (χ2n) is 4.56. The summed E-state index contributed by atoms with van der Waals surface area (Å²) < 4.78 is 7.03. The molecule has 1 aromatic carbocycles. The highest BCUT2D eigenvalue weighted by atomic mass is 127. The summed E-state index contributed by atoms with van der Waals surface area (Å²) in [5, 5.41) is 8.76. The minimum absolute atomic E-state index is 0.0834. The number of nitrogens with zero attached hydrogens (tertiary/aromatic N) is 1. The number of carbonyl (C=O) groups is 1. The summed E-state index contributed by atoms with van der Waals surface area (Å²) in [6.07, 6.45) is 0.256. The minimum Gasteiger partial charge on any atom is -0.489 e. The van der Waals surface area contributed by atoms with Crippen LogP contribution in [-0.2, 0) is 11.3 Å². The molecular formula is C13H16INO3. The number of ether oxygens (including phenoxy) is 1. The van der Waals surface area contributed by atoms with E-state index in [-0.39, 0.29) is 12.5 Å². The molecule has 5 heteroatoms. The van der Waals surface area contributed by atoms with E-state index in [9.17, 15) is 4.79 Å². The number of hydrogen-bond acceptors (Lipinski definition) is 3. The Bertz CT molecular complexity index is 450. The van der Waals surface area contributed by atoms with Gasteiger partial charge in [0.05, 0.1) is 6.42 Å². The Hall–Kier alpha value is -0.820. The predicted octanol–water partition coefficient (Wildman–Crippen LogP) is 2.35. The maximum Gasteiger partial charge on any atom is 0.304 e. The van der Waals surface area contributed by atoms with E-state index in [2.05, 4.69) is 33.6 Å². The van der Waals surface area contributed by atoms with Gasteiger partial charge in [-0.05, 0) is 47.7 Å². The van der Waals surface area contributed by atoms with E-state index in [4.69, 9.17) is 9.84 Å². The molecule has 98 valence electrons. The van der Waals surface area contributed by atoms with Gasteiger partial charge in [-0.3, -0.25) is 9.69 Å². The summed E-state index contributed by atoms with van der Waals surface area (Å²) in [7, 11) is 0. The van der Waals surface area contributed by atoms with Gasteiger partial charge in [0.2, 0.25) is 0 Å². The van der Waals surface area contributed by atoms with Crippen LogP contribution in [0.4, 0.5) is 0 Å². The van der Waals surface area contributed by atoms with E-state index in [0.29, 0.717) is 6.54 Å². The van der Waals surface area contributed by atoms with Gasteiger partial charge in [-0.25, -0.2) is 0 Å². The highest BCUT2D eigenvalue weighted by molar-refractivity contribution is 14.1. The molecule has 0 aliphatic carbocycles. The molecule has 1 heterocycles. The molecule has 1 aliphatic heterocycles. The SMILES string of the molecule is CC1CN(CCC(=O)O)Cc2cc(I)ccc2O1. The number of rotatable bonds is 3. The zero-order chi connectivity index (χ0) is 13.1. The Morgan fingerprint density at radius 3 is 3.11 bits per heavy atom. The molecule has 0 fully saturated rings. The van der Waals surface area contributed by atoms with Crippen LogP contribution in [0.15, 0.2) is 18.2 Å². The molecule has 0 bridgehead atoms. The van der Waals surface area contributed by atoms with Gasteiger partial charge < -0.3 is 9.84 Å². The first-order chi connectivity index (χ1) is 8.54. The fourth-order valence-corrected chi connectivity index (χ4v) is 2.69. The molecule has 2 rings (SSSR count). The van der Waals surface area contributed by atoms with Gasteiger partial charge in [-0.1, -0.05) is 0 Å². The van der Waals surface area contributed by atoms with Crippen LogP contribution in [0, 0.1) is 3.57 Å². The third-order valence-corrected chi connectivity index (χ3v) is 3.57. The summed E-state index contributed by atoms with van der Waals surface area (Å²) in [5.74, 6) is 0.163. The maximum absolute atomic E-state index is 10.6. The first-order valence-corrected chi connectivity index (χ1v) is 7.01. The van der Waals surface area contributed by atoms with Gasteiger partial charge in [0.25, 0.3) is 0 Å². The molecule has 1 aliphatic rings. The van der Waals surface area contributed by atoms with Gasteiger partial charge in [0.15, 0.2) is 0 Å². The van der Waals surface area contributed by atoms with Gasteiger partial charge >= 0.3 is 5.97 Å². The van der Waals surface area contributed by atoms with Gasteiger partial charge in [0, 0.05) is 28.8 Å². The van der Waals surface area contributed by atoms with Crippen molar-refractivity contribution in [3.63, 3.8) is 0 Å². The van der Waals surface area contributed by atoms with Crippen LogP contribution in [0.5, 0.6) is 5.75 Å². The molecule has 0 radical (unpaired) electrons. The Morgan fingerprint density at radius 1 is 1.61 bits per heavy atom. The van der Waals surface area contributed by atoms with Gasteiger partial charge in [-0.2, -0.15) is 0 Å². The van der Waals surface area contributed by atoms with E-state index in [0.717, 1.165) is 24.4 Å². The standard InChI is InChI=1S/C13H16INO3/c1-9-7-15(5-4-13(16)17)8-10-6-11(14)2-3-12(10)18-9/h2-3,6,9H,4-5,7-8H2,1H3,(H,16,17). The smallest absolute Gasteiger partial charge is 0.304 e. The zero-order valence-electron chi connectivity index (χ0n) is 10.2. The normalized spacial score (nSPS) is 19.8. The largest absolute Gasteiger partial charge is 0.489 e. The highest BCUT2D eigenvalue weighted by Gasteiger charge is 2.20. The molecule has 1 aromatic rings. The van der Waals surface area contributed by atoms with Crippen molar-refractivity contribution in [3.8, 4) is 5.75 Å². The molecule has 1 N–H and O–H groups in total. The van der Waals surface area contributed by atoms with E-state index in [1.807, 2.05) is 19.1 Å². The van der Waals surface area contributed by atoms with E-state index in [1.165, 1.54) is 3.57 Å². The number of aliphatic carboxylic acids is 1. The van der Waals surface area contributed by atoms with Crippen molar-refractivity contribution in [1.82, 2.24) is 4.90 Å². The third-order valence-electron chi connectivity index (χ3n) is 2.90. The lowest BCUT2D eigenvalue weighted by atomic mass is 10.2. The summed E-state index contributed by atoms with van der Waals surface area (Å²) in [6, 6.07) is 6.12. The topological polar surface area (TPSA) is 49.8 Å². The van der Waals surface area contributed by atoms with Gasteiger partial charge in [0.1, 0.15) is 11.9 Å². The molecule has 0 saturated heterocycles. The summed E-state index contributed by atoms with van der Waals surface area (Å²) >= 11 is 2.27. The van der Waals surface area contributed by atoms with Crippen molar-refractivity contribution in [3.05, 3.63) is 27.3 Å². The number of fused-ring (bicyclic) bond motifs is 1. The van der Waals surface area contributed by atoms with Crippen molar-refractivity contribution in [2.45, 2.75) is 26.0 Å². The Balaban J connectivity index is 2.14. The van der Waals surface area contributed by atoms with Crippen LogP contribution in [0.1, 0.15) is 18.9 Å². The Labute approximate surface area is 120 Å². The lowest BCUT2D eigenvalue weighted by Gasteiger charge is -2.20. The first-order valence-electron chi connectivity index (χ1n) is 5.94. The third kappa shape index (κ3) is 3.58. The molecule has 18 heavy (non-hydrogen) atoms.